The van der Waals surface area contributed by atoms with E-state index in [-0.39, 0.29) is 57.1 Å². The summed E-state index contributed by atoms with van der Waals surface area (Å²) < 4.78 is 34.9. The van der Waals surface area contributed by atoms with E-state index in [9.17, 15) is 5.11 Å². The van der Waals surface area contributed by atoms with E-state index in [1.807, 2.05) is 30.3 Å². The zero-order valence-corrected chi connectivity index (χ0v) is 41.2. The van der Waals surface area contributed by atoms with Gasteiger partial charge >= 0.3 is 5.24 Å². The van der Waals surface area contributed by atoms with Crippen molar-refractivity contribution in [1.29, 1.82) is 0 Å². The second-order valence-electron chi connectivity index (χ2n) is 21.0. The highest BCUT2D eigenvalue weighted by Crippen LogP contribution is 2.57. The SMILES string of the molecule is CC(C)(C)[Si](OC[C@H]1C[C@@H]2C[C@H]3C[C@H]4O[C@H]4C[C@H]3[C@H](OC(=S)Oc3ccccc3)[C@@H]2[C@H](O)[C@@H]1CO[Si](c1ccccc1)(c1ccccc1)C(C)(C)C)(c1ccccc1)c1ccccc1. The molecule has 1 saturated heterocycles. The third-order valence-corrected chi connectivity index (χ3v) is 25.5. The van der Waals surface area contributed by atoms with Crippen LogP contribution in [-0.2, 0) is 18.3 Å². The minimum Gasteiger partial charge on any atom is -0.453 e. The summed E-state index contributed by atoms with van der Waals surface area (Å²) >= 11 is 5.90. The number of thiocarbonyl (C=S) groups is 1. The van der Waals surface area contributed by atoms with Gasteiger partial charge in [-0.15, -0.1) is 0 Å². The molecule has 10 atom stereocenters. The maximum atomic E-state index is 13.4. The van der Waals surface area contributed by atoms with Crippen molar-refractivity contribution in [3.8, 4) is 5.75 Å². The summed E-state index contributed by atoms with van der Waals surface area (Å²) in [4.78, 5) is 0. The fraction of sp³-hybridized carbons (Fsp3) is 0.436. The van der Waals surface area contributed by atoms with E-state index >= 15 is 0 Å². The summed E-state index contributed by atoms with van der Waals surface area (Å²) in [5.74, 6) is 1.02. The Labute approximate surface area is 388 Å². The predicted molar refractivity (Wildman–Crippen MR) is 266 cm³/mol. The van der Waals surface area contributed by atoms with Crippen molar-refractivity contribution in [3.63, 3.8) is 0 Å². The molecule has 6 nitrogen and oxygen atoms in total. The molecule has 1 aliphatic heterocycles. The number of rotatable bonds is 12. The highest BCUT2D eigenvalue weighted by atomic mass is 32.1. The number of para-hydroxylation sites is 1. The number of hydrogen-bond acceptors (Lipinski definition) is 7. The predicted octanol–water partition coefficient (Wildman–Crippen LogP) is 9.32. The maximum Gasteiger partial charge on any atom is 0.358 e. The monoisotopic (exact) mass is 910 g/mol. The van der Waals surface area contributed by atoms with Crippen LogP contribution in [0.25, 0.3) is 0 Å². The van der Waals surface area contributed by atoms with E-state index in [0.29, 0.717) is 31.0 Å². The molecule has 0 radical (unpaired) electrons. The summed E-state index contributed by atoms with van der Waals surface area (Å²) in [6.07, 6.45) is 3.33. The van der Waals surface area contributed by atoms with Gasteiger partial charge in [-0.25, -0.2) is 0 Å². The summed E-state index contributed by atoms with van der Waals surface area (Å²) in [5.41, 5.74) is 0. The molecule has 0 amide bonds. The standard InChI is InChI=1S/C55H66O6SSi2/c1-54(2,3)63(42-24-14-8-15-25-42,43-26-16-9-17-27-43)57-36-40-33-39-32-38-34-48-49(60-48)35-46(38)52(61-53(62)59-41-22-12-7-13-23-41)50(39)51(56)47(40)37-58-64(55(4,5)6,44-28-18-10-19-29-44)45-30-20-11-21-31-45/h7-31,38-40,46-52,56H,32-37H2,1-6H3/t38-,39-,40+,46+,47+,48+,49-,50-,51+,52-/m0/s1. The topological polar surface area (TPSA) is 69.7 Å². The first-order chi connectivity index (χ1) is 30.8. The van der Waals surface area contributed by atoms with Gasteiger partial charge in [-0.2, -0.15) is 0 Å². The van der Waals surface area contributed by atoms with Gasteiger partial charge in [0, 0.05) is 43.2 Å². The number of epoxide rings is 1. The lowest BCUT2D eigenvalue weighted by molar-refractivity contribution is -0.158. The first-order valence-electron chi connectivity index (χ1n) is 23.6. The molecule has 0 bridgehead atoms. The summed E-state index contributed by atoms with van der Waals surface area (Å²) in [7, 11) is -5.90. The van der Waals surface area contributed by atoms with Crippen LogP contribution in [0.15, 0.2) is 152 Å². The van der Waals surface area contributed by atoms with Crippen LogP contribution in [0.3, 0.4) is 0 Å². The van der Waals surface area contributed by atoms with Crippen LogP contribution in [0, 0.1) is 35.5 Å². The molecule has 0 spiro atoms. The van der Waals surface area contributed by atoms with E-state index in [1.54, 1.807) is 0 Å². The number of benzene rings is 5. The van der Waals surface area contributed by atoms with Gasteiger partial charge in [-0.05, 0) is 86.4 Å². The molecule has 3 saturated carbocycles. The lowest BCUT2D eigenvalue weighted by Gasteiger charge is -2.56. The fourth-order valence-electron chi connectivity index (χ4n) is 12.4. The number of aliphatic hydroxyl groups is 1. The number of fused-ring (bicyclic) bond motifs is 3. The van der Waals surface area contributed by atoms with E-state index in [2.05, 4.69) is 163 Å². The van der Waals surface area contributed by atoms with E-state index in [0.717, 1.165) is 25.7 Å². The zero-order valence-electron chi connectivity index (χ0n) is 38.3. The van der Waals surface area contributed by atoms with Crippen LogP contribution >= 0.6 is 12.2 Å². The Kier molecular flexibility index (Phi) is 13.0. The molecule has 9 heteroatoms. The number of hydrogen-bond donors (Lipinski definition) is 1. The third kappa shape index (κ3) is 8.62. The molecule has 5 aromatic rings. The third-order valence-electron chi connectivity index (χ3n) is 15.3. The van der Waals surface area contributed by atoms with Crippen LogP contribution in [0.4, 0.5) is 0 Å². The van der Waals surface area contributed by atoms with Crippen LogP contribution in [0.2, 0.25) is 10.1 Å². The summed E-state index contributed by atoms with van der Waals surface area (Å²) in [6.45, 7) is 14.9. The Morgan fingerprint density at radius 1 is 0.578 bits per heavy atom. The average Bonchev–Trinajstić information content (AvgIpc) is 4.06. The van der Waals surface area contributed by atoms with Crippen LogP contribution in [-0.4, -0.2) is 64.6 Å². The van der Waals surface area contributed by atoms with Crippen LogP contribution in [0.5, 0.6) is 5.75 Å². The average molecular weight is 911 g/mol. The number of aliphatic hydroxyl groups excluding tert-OH is 1. The lowest BCUT2D eigenvalue weighted by Crippen LogP contribution is -2.68. The molecule has 1 heterocycles. The van der Waals surface area contributed by atoms with Gasteiger partial charge in [0.05, 0.1) is 18.3 Å². The highest BCUT2D eigenvalue weighted by Gasteiger charge is 2.61. The van der Waals surface area contributed by atoms with Crippen molar-refractivity contribution in [2.24, 2.45) is 35.5 Å². The van der Waals surface area contributed by atoms with E-state index in [1.165, 1.54) is 20.7 Å². The minimum absolute atomic E-state index is 0.00866. The largest absolute Gasteiger partial charge is 0.453 e. The normalized spacial score (nSPS) is 27.9. The van der Waals surface area contributed by atoms with Crippen molar-refractivity contribution in [1.82, 2.24) is 0 Å². The van der Waals surface area contributed by atoms with Crippen molar-refractivity contribution in [2.75, 3.05) is 13.2 Å². The molecule has 1 N–H and O–H groups in total. The molecule has 0 unspecified atom stereocenters. The Balaban J connectivity index is 1.12. The van der Waals surface area contributed by atoms with Crippen molar-refractivity contribution < 1.29 is 28.2 Å². The fourth-order valence-corrected chi connectivity index (χ4v) is 21.9. The maximum absolute atomic E-state index is 13.4. The van der Waals surface area contributed by atoms with Gasteiger partial charge in [0.1, 0.15) is 11.9 Å². The minimum atomic E-state index is -2.98. The Bertz CT molecular complexity index is 2230. The van der Waals surface area contributed by atoms with E-state index in [4.69, 9.17) is 35.3 Å². The second kappa shape index (κ2) is 18.4. The highest BCUT2D eigenvalue weighted by molar-refractivity contribution is 7.79. The Morgan fingerprint density at radius 2 is 1.02 bits per heavy atom. The smallest absolute Gasteiger partial charge is 0.358 e. The summed E-state index contributed by atoms with van der Waals surface area (Å²) in [5, 5.41) is 18.1. The Hall–Kier alpha value is -3.94. The van der Waals surface area contributed by atoms with Crippen molar-refractivity contribution in [2.45, 2.75) is 102 Å². The molecule has 0 aromatic heterocycles. The zero-order chi connectivity index (χ0) is 44.7. The molecule has 336 valence electrons. The first kappa shape index (κ1) is 45.2. The van der Waals surface area contributed by atoms with Gasteiger partial charge in [0.25, 0.3) is 16.6 Å². The molecule has 5 aromatic carbocycles. The van der Waals surface area contributed by atoms with Crippen LogP contribution < -0.4 is 25.5 Å². The molecule has 64 heavy (non-hydrogen) atoms. The molecule has 3 aliphatic carbocycles. The van der Waals surface area contributed by atoms with E-state index < -0.39 is 22.7 Å². The first-order valence-corrected chi connectivity index (χ1v) is 27.8. The number of ether oxygens (including phenoxy) is 3. The molecular formula is C55H66O6SSi2. The van der Waals surface area contributed by atoms with Crippen molar-refractivity contribution >= 4 is 54.8 Å². The van der Waals surface area contributed by atoms with Gasteiger partial charge in [0.2, 0.25) is 0 Å². The van der Waals surface area contributed by atoms with Gasteiger partial charge in [-0.1, -0.05) is 181 Å². The Morgan fingerprint density at radius 3 is 1.48 bits per heavy atom. The summed E-state index contributed by atoms with van der Waals surface area (Å²) in [6, 6.07) is 53.2. The van der Waals surface area contributed by atoms with Crippen LogP contribution in [0.1, 0.15) is 67.2 Å². The van der Waals surface area contributed by atoms with Crippen molar-refractivity contribution in [3.05, 3.63) is 152 Å². The van der Waals surface area contributed by atoms with Gasteiger partial charge < -0.3 is 28.2 Å². The molecule has 4 fully saturated rings. The second-order valence-corrected chi connectivity index (χ2v) is 30.0. The molecule has 9 rings (SSSR count). The van der Waals surface area contributed by atoms with Gasteiger partial charge in [0.15, 0.2) is 0 Å². The molecule has 4 aliphatic rings. The molecular weight excluding hydrogens is 845 g/mol. The lowest BCUT2D eigenvalue weighted by atomic mass is 9.54. The quantitative estimate of drug-likeness (QED) is 0.0761. The van der Waals surface area contributed by atoms with Gasteiger partial charge in [-0.3, -0.25) is 0 Å².